The van der Waals surface area contributed by atoms with Crippen LogP contribution in [0.4, 0.5) is 0 Å². The van der Waals surface area contributed by atoms with Crippen molar-refractivity contribution in [1.29, 1.82) is 0 Å². The summed E-state index contributed by atoms with van der Waals surface area (Å²) in [4.78, 5) is 17.8. The van der Waals surface area contributed by atoms with Crippen LogP contribution < -0.4 is 10.9 Å². The van der Waals surface area contributed by atoms with Crippen molar-refractivity contribution in [2.75, 3.05) is 12.3 Å². The van der Waals surface area contributed by atoms with E-state index in [2.05, 4.69) is 29.1 Å². The first kappa shape index (κ1) is 14.3. The van der Waals surface area contributed by atoms with Gasteiger partial charge in [0.25, 0.3) is 5.56 Å². The summed E-state index contributed by atoms with van der Waals surface area (Å²) in [5.41, 5.74) is -0.0803. The topological polar surface area (TPSA) is 57.8 Å². The molecular formula is C12H21N3OS. The average Bonchev–Trinajstić information content (AvgIpc) is 2.29. The Bertz CT molecular complexity index is 367. The van der Waals surface area contributed by atoms with E-state index in [0.29, 0.717) is 6.04 Å². The molecule has 2 N–H and O–H groups in total. The van der Waals surface area contributed by atoms with Gasteiger partial charge in [0.2, 0.25) is 0 Å². The zero-order valence-electron chi connectivity index (χ0n) is 10.5. The molecule has 1 aromatic heterocycles. The maximum Gasteiger partial charge on any atom is 0.251 e. The molecule has 1 atom stereocenters. The Balaban J connectivity index is 2.10. The van der Waals surface area contributed by atoms with E-state index in [-0.39, 0.29) is 5.56 Å². The SMILES string of the molecule is CCNC(C)CCCCSc1nccc(=O)[nH]1. The highest BCUT2D eigenvalue weighted by Crippen LogP contribution is 2.13. The molecule has 17 heavy (non-hydrogen) atoms. The minimum Gasteiger partial charge on any atom is -0.315 e. The second-order valence-corrected chi connectivity index (χ2v) is 5.13. The summed E-state index contributed by atoms with van der Waals surface area (Å²) in [6, 6.07) is 2.03. The summed E-state index contributed by atoms with van der Waals surface area (Å²) in [7, 11) is 0. The molecule has 96 valence electrons. The number of unbranched alkanes of at least 4 members (excludes halogenated alkanes) is 1. The number of thioether (sulfide) groups is 1. The molecule has 0 saturated heterocycles. The minimum absolute atomic E-state index is 0.0803. The number of nitrogens with zero attached hydrogens (tertiary/aromatic N) is 1. The van der Waals surface area contributed by atoms with Crippen LogP contribution in [0.3, 0.4) is 0 Å². The van der Waals surface area contributed by atoms with Gasteiger partial charge in [0.05, 0.1) is 0 Å². The zero-order chi connectivity index (χ0) is 12.5. The standard InChI is InChI=1S/C12H21N3OS/c1-3-13-10(2)6-4-5-9-17-12-14-8-7-11(16)15-12/h7-8,10,13H,3-6,9H2,1-2H3,(H,14,15,16). The third-order valence-corrected chi connectivity index (χ3v) is 3.44. The third kappa shape index (κ3) is 6.48. The van der Waals surface area contributed by atoms with Gasteiger partial charge in [-0.15, -0.1) is 0 Å². The van der Waals surface area contributed by atoms with Crippen molar-refractivity contribution < 1.29 is 0 Å². The number of aromatic nitrogens is 2. The molecular weight excluding hydrogens is 234 g/mol. The lowest BCUT2D eigenvalue weighted by Gasteiger charge is -2.11. The van der Waals surface area contributed by atoms with Gasteiger partial charge in [-0.3, -0.25) is 4.79 Å². The molecule has 0 amide bonds. The van der Waals surface area contributed by atoms with E-state index in [1.54, 1.807) is 18.0 Å². The van der Waals surface area contributed by atoms with Crippen molar-refractivity contribution in [2.45, 2.75) is 44.3 Å². The smallest absolute Gasteiger partial charge is 0.251 e. The van der Waals surface area contributed by atoms with E-state index in [0.717, 1.165) is 23.9 Å². The quantitative estimate of drug-likeness (QED) is 0.424. The van der Waals surface area contributed by atoms with E-state index in [1.807, 2.05) is 0 Å². The molecule has 0 saturated carbocycles. The van der Waals surface area contributed by atoms with Crippen LogP contribution >= 0.6 is 11.8 Å². The summed E-state index contributed by atoms with van der Waals surface area (Å²) in [5, 5.41) is 4.11. The first-order valence-corrected chi connectivity index (χ1v) is 7.12. The lowest BCUT2D eigenvalue weighted by Crippen LogP contribution is -2.25. The molecule has 0 fully saturated rings. The fraction of sp³-hybridized carbons (Fsp3) is 0.667. The van der Waals surface area contributed by atoms with Gasteiger partial charge in [0.1, 0.15) is 0 Å². The van der Waals surface area contributed by atoms with Gasteiger partial charge in [-0.1, -0.05) is 25.1 Å². The molecule has 0 aromatic carbocycles. The highest BCUT2D eigenvalue weighted by Gasteiger charge is 2.00. The number of nitrogens with one attached hydrogen (secondary N) is 2. The summed E-state index contributed by atoms with van der Waals surface area (Å²) >= 11 is 1.61. The molecule has 0 aliphatic carbocycles. The van der Waals surface area contributed by atoms with Crippen molar-refractivity contribution in [3.05, 3.63) is 22.6 Å². The van der Waals surface area contributed by atoms with Crippen LogP contribution in [-0.4, -0.2) is 28.3 Å². The second kappa shape index (κ2) is 8.31. The van der Waals surface area contributed by atoms with Crippen molar-refractivity contribution >= 4 is 11.8 Å². The lowest BCUT2D eigenvalue weighted by molar-refractivity contribution is 0.510. The van der Waals surface area contributed by atoms with E-state index in [1.165, 1.54) is 18.9 Å². The van der Waals surface area contributed by atoms with E-state index < -0.39 is 0 Å². The van der Waals surface area contributed by atoms with Crippen LogP contribution in [0.1, 0.15) is 33.1 Å². The average molecular weight is 255 g/mol. The summed E-state index contributed by atoms with van der Waals surface area (Å²) < 4.78 is 0. The first-order chi connectivity index (χ1) is 8.22. The lowest BCUT2D eigenvalue weighted by atomic mass is 10.1. The van der Waals surface area contributed by atoms with Gasteiger partial charge in [-0.2, -0.15) is 0 Å². The Morgan fingerprint density at radius 2 is 2.35 bits per heavy atom. The minimum atomic E-state index is -0.0803. The van der Waals surface area contributed by atoms with Crippen molar-refractivity contribution in [3.8, 4) is 0 Å². The van der Waals surface area contributed by atoms with E-state index in [9.17, 15) is 4.79 Å². The maximum atomic E-state index is 11.0. The Hall–Kier alpha value is -0.810. The first-order valence-electron chi connectivity index (χ1n) is 6.14. The second-order valence-electron chi connectivity index (χ2n) is 4.04. The molecule has 1 rings (SSSR count). The normalized spacial score (nSPS) is 12.6. The van der Waals surface area contributed by atoms with Crippen molar-refractivity contribution in [1.82, 2.24) is 15.3 Å². The molecule has 0 spiro atoms. The highest BCUT2D eigenvalue weighted by atomic mass is 32.2. The van der Waals surface area contributed by atoms with Crippen LogP contribution in [0.2, 0.25) is 0 Å². The summed E-state index contributed by atoms with van der Waals surface area (Å²) in [6.07, 6.45) is 5.11. The molecule has 0 radical (unpaired) electrons. The predicted octanol–water partition coefficient (Wildman–Crippen LogP) is 2.03. The Kier molecular flexibility index (Phi) is 6.96. The highest BCUT2D eigenvalue weighted by molar-refractivity contribution is 7.99. The predicted molar refractivity (Wildman–Crippen MR) is 72.6 cm³/mol. The number of hydrogen-bond donors (Lipinski definition) is 2. The van der Waals surface area contributed by atoms with Crippen LogP contribution in [0, 0.1) is 0 Å². The van der Waals surface area contributed by atoms with Gasteiger partial charge in [-0.05, 0) is 26.3 Å². The number of rotatable bonds is 8. The molecule has 4 nitrogen and oxygen atoms in total. The van der Waals surface area contributed by atoms with Gasteiger partial charge < -0.3 is 10.3 Å². The van der Waals surface area contributed by atoms with Crippen LogP contribution in [0.25, 0.3) is 0 Å². The zero-order valence-corrected chi connectivity index (χ0v) is 11.3. The Morgan fingerprint density at radius 3 is 3.06 bits per heavy atom. The maximum absolute atomic E-state index is 11.0. The molecule has 1 unspecified atom stereocenters. The van der Waals surface area contributed by atoms with E-state index in [4.69, 9.17) is 0 Å². The third-order valence-electron chi connectivity index (χ3n) is 2.47. The number of hydrogen-bond acceptors (Lipinski definition) is 4. The van der Waals surface area contributed by atoms with E-state index >= 15 is 0 Å². The van der Waals surface area contributed by atoms with Crippen LogP contribution in [-0.2, 0) is 0 Å². The summed E-state index contributed by atoms with van der Waals surface area (Å²) in [5.74, 6) is 1.01. The van der Waals surface area contributed by atoms with Gasteiger partial charge in [0, 0.05) is 24.1 Å². The number of aromatic amines is 1. The largest absolute Gasteiger partial charge is 0.315 e. The molecule has 1 aromatic rings. The van der Waals surface area contributed by atoms with Crippen LogP contribution in [0.15, 0.2) is 22.2 Å². The van der Waals surface area contributed by atoms with Crippen molar-refractivity contribution in [3.63, 3.8) is 0 Å². The fourth-order valence-electron chi connectivity index (χ4n) is 1.60. The van der Waals surface area contributed by atoms with Gasteiger partial charge >= 0.3 is 0 Å². The molecule has 0 aliphatic heterocycles. The van der Waals surface area contributed by atoms with Gasteiger partial charge in [-0.25, -0.2) is 4.98 Å². The Morgan fingerprint density at radius 1 is 1.53 bits per heavy atom. The fourth-order valence-corrected chi connectivity index (χ4v) is 2.45. The monoisotopic (exact) mass is 255 g/mol. The number of H-pyrrole nitrogens is 1. The molecule has 1 heterocycles. The van der Waals surface area contributed by atoms with Gasteiger partial charge in [0.15, 0.2) is 5.16 Å². The van der Waals surface area contributed by atoms with Crippen molar-refractivity contribution in [2.24, 2.45) is 0 Å². The molecule has 0 bridgehead atoms. The molecule has 0 aliphatic rings. The van der Waals surface area contributed by atoms with Crippen LogP contribution in [0.5, 0.6) is 0 Å². The summed E-state index contributed by atoms with van der Waals surface area (Å²) in [6.45, 7) is 5.38. The Labute approximate surface area is 107 Å². The molecule has 5 heteroatoms.